The summed E-state index contributed by atoms with van der Waals surface area (Å²) in [6.07, 6.45) is 0. The molecule has 3 aromatic rings. The molecule has 7 nitrogen and oxygen atoms in total. The zero-order valence-electron chi connectivity index (χ0n) is 14.6. The molecule has 1 heterocycles. The van der Waals surface area contributed by atoms with Crippen LogP contribution in [0.25, 0.3) is 0 Å². The number of nitrogens with zero attached hydrogens (tertiary/aromatic N) is 1. The summed E-state index contributed by atoms with van der Waals surface area (Å²) in [5, 5.41) is 24.3. The summed E-state index contributed by atoms with van der Waals surface area (Å²) < 4.78 is 6.35. The molecule has 28 heavy (non-hydrogen) atoms. The van der Waals surface area contributed by atoms with E-state index in [9.17, 15) is 20.0 Å². The number of anilines is 2. The highest BCUT2D eigenvalue weighted by Gasteiger charge is 2.24. The third kappa shape index (κ3) is 4.32. The van der Waals surface area contributed by atoms with Crippen molar-refractivity contribution in [2.24, 2.45) is 0 Å². The number of carbonyl (C=O) groups is 1. The van der Waals surface area contributed by atoms with E-state index in [-0.39, 0.29) is 28.6 Å². The fourth-order valence-electron chi connectivity index (χ4n) is 2.55. The van der Waals surface area contributed by atoms with Crippen LogP contribution in [0.15, 0.2) is 53.0 Å². The number of halogens is 1. The van der Waals surface area contributed by atoms with E-state index in [1.165, 1.54) is 6.07 Å². The summed E-state index contributed by atoms with van der Waals surface area (Å²) in [4.78, 5) is 22.5. The lowest BCUT2D eigenvalue weighted by molar-refractivity contribution is -0.384. The molecule has 0 atom stereocenters. The lowest BCUT2D eigenvalue weighted by Crippen LogP contribution is -2.01. The number of aromatic carboxylic acids is 1. The van der Waals surface area contributed by atoms with E-state index >= 15 is 0 Å². The Morgan fingerprint density at radius 3 is 2.64 bits per heavy atom. The van der Waals surface area contributed by atoms with Gasteiger partial charge in [-0.25, -0.2) is 4.79 Å². The second-order valence-electron chi connectivity index (χ2n) is 5.84. The summed E-state index contributed by atoms with van der Waals surface area (Å²) in [6, 6.07) is 14.0. The maximum Gasteiger partial charge on any atom is 0.349 e. The average molecular weight is 463 g/mol. The lowest BCUT2D eigenvalue weighted by atomic mass is 10.2. The second-order valence-corrected chi connectivity index (χ2v) is 7.77. The minimum atomic E-state index is -1.12. The van der Waals surface area contributed by atoms with Crippen LogP contribution in [0.5, 0.6) is 5.75 Å². The highest BCUT2D eigenvalue weighted by atomic mass is 79.9. The summed E-state index contributed by atoms with van der Waals surface area (Å²) in [6.45, 7) is 1.94. The number of carboxylic acids is 1. The Morgan fingerprint density at radius 2 is 2.00 bits per heavy atom. The van der Waals surface area contributed by atoms with Crippen molar-refractivity contribution in [1.29, 1.82) is 0 Å². The molecule has 0 radical (unpaired) electrons. The molecule has 0 saturated heterocycles. The minimum absolute atomic E-state index is 0.0377. The van der Waals surface area contributed by atoms with Crippen LogP contribution in [0.2, 0.25) is 0 Å². The van der Waals surface area contributed by atoms with Crippen LogP contribution in [-0.4, -0.2) is 16.0 Å². The molecule has 2 aromatic carbocycles. The monoisotopic (exact) mass is 462 g/mol. The Labute approximate surface area is 172 Å². The third-order valence-electron chi connectivity index (χ3n) is 3.92. The van der Waals surface area contributed by atoms with E-state index in [0.29, 0.717) is 15.0 Å². The number of nitro benzene ring substituents is 1. The maximum absolute atomic E-state index is 11.7. The predicted molar refractivity (Wildman–Crippen MR) is 111 cm³/mol. The molecule has 0 spiro atoms. The number of benzene rings is 2. The van der Waals surface area contributed by atoms with Crippen LogP contribution < -0.4 is 10.1 Å². The van der Waals surface area contributed by atoms with Crippen molar-refractivity contribution in [3.63, 3.8) is 0 Å². The van der Waals surface area contributed by atoms with Gasteiger partial charge in [0.05, 0.1) is 4.92 Å². The number of ether oxygens (including phenoxy) is 1. The zero-order chi connectivity index (χ0) is 20.3. The van der Waals surface area contributed by atoms with Gasteiger partial charge in [-0.05, 0) is 24.6 Å². The first-order valence-corrected chi connectivity index (χ1v) is 9.72. The van der Waals surface area contributed by atoms with Gasteiger partial charge < -0.3 is 15.2 Å². The van der Waals surface area contributed by atoms with Gasteiger partial charge in [0.1, 0.15) is 23.0 Å². The summed E-state index contributed by atoms with van der Waals surface area (Å²) in [5.41, 5.74) is 1.63. The van der Waals surface area contributed by atoms with E-state index in [1.807, 2.05) is 30.3 Å². The van der Waals surface area contributed by atoms with Crippen molar-refractivity contribution in [3.8, 4) is 5.75 Å². The quantitative estimate of drug-likeness (QED) is 0.342. The van der Waals surface area contributed by atoms with Gasteiger partial charge in [-0.15, -0.1) is 11.3 Å². The van der Waals surface area contributed by atoms with Crippen molar-refractivity contribution < 1.29 is 19.6 Å². The zero-order valence-corrected chi connectivity index (χ0v) is 17.0. The van der Waals surface area contributed by atoms with Crippen molar-refractivity contribution in [2.45, 2.75) is 13.5 Å². The van der Waals surface area contributed by atoms with Crippen molar-refractivity contribution in [2.75, 3.05) is 5.32 Å². The van der Waals surface area contributed by atoms with E-state index in [4.69, 9.17) is 4.74 Å². The van der Waals surface area contributed by atoms with Crippen LogP contribution in [0, 0.1) is 17.0 Å². The fourth-order valence-corrected chi connectivity index (χ4v) is 3.90. The summed E-state index contributed by atoms with van der Waals surface area (Å²) in [5.74, 6) is -0.863. The molecule has 9 heteroatoms. The van der Waals surface area contributed by atoms with E-state index in [2.05, 4.69) is 21.2 Å². The first-order chi connectivity index (χ1) is 13.4. The molecule has 0 saturated carbocycles. The molecule has 2 N–H and O–H groups in total. The van der Waals surface area contributed by atoms with Gasteiger partial charge in [0.25, 0.3) is 5.69 Å². The van der Waals surface area contributed by atoms with Crippen LogP contribution in [0.1, 0.15) is 20.8 Å². The second kappa shape index (κ2) is 8.41. The van der Waals surface area contributed by atoms with Gasteiger partial charge in [0.15, 0.2) is 4.88 Å². The number of nitro groups is 1. The fraction of sp³-hybridized carbons (Fsp3) is 0.105. The highest BCUT2D eigenvalue weighted by molar-refractivity contribution is 9.10. The molecule has 0 aliphatic rings. The van der Waals surface area contributed by atoms with Crippen molar-refractivity contribution >= 4 is 49.6 Å². The van der Waals surface area contributed by atoms with E-state index in [0.717, 1.165) is 16.9 Å². The maximum atomic E-state index is 11.7. The molecule has 0 aliphatic carbocycles. The smallest absolute Gasteiger partial charge is 0.349 e. The molecule has 144 valence electrons. The number of rotatable bonds is 7. The third-order valence-corrected chi connectivity index (χ3v) is 5.59. The van der Waals surface area contributed by atoms with Gasteiger partial charge in [0.2, 0.25) is 0 Å². The molecule has 0 fully saturated rings. The molecule has 1 aromatic heterocycles. The number of hydrogen-bond acceptors (Lipinski definition) is 6. The van der Waals surface area contributed by atoms with Crippen LogP contribution in [-0.2, 0) is 6.61 Å². The normalized spacial score (nSPS) is 10.5. The Bertz CT molecular complexity index is 1040. The Morgan fingerprint density at radius 1 is 1.29 bits per heavy atom. The topological polar surface area (TPSA) is 102 Å². The van der Waals surface area contributed by atoms with Gasteiger partial charge in [-0.1, -0.05) is 46.3 Å². The lowest BCUT2D eigenvalue weighted by Gasteiger charge is -2.09. The number of thiophene rings is 1. The van der Waals surface area contributed by atoms with Crippen LogP contribution in [0.4, 0.5) is 16.4 Å². The van der Waals surface area contributed by atoms with Gasteiger partial charge in [-0.2, -0.15) is 0 Å². The number of nitrogens with one attached hydrogen (secondary N) is 1. The highest BCUT2D eigenvalue weighted by Crippen LogP contribution is 2.42. The van der Waals surface area contributed by atoms with Crippen molar-refractivity contribution in [1.82, 2.24) is 0 Å². The largest absolute Gasteiger partial charge is 0.487 e. The molecule has 0 bridgehead atoms. The van der Waals surface area contributed by atoms with Crippen molar-refractivity contribution in [3.05, 3.63) is 79.1 Å². The predicted octanol–water partition coefficient (Wildman–Crippen LogP) is 5.75. The average Bonchev–Trinajstić information content (AvgIpc) is 2.98. The number of carboxylic acid groups (broad SMARTS) is 1. The van der Waals surface area contributed by atoms with Crippen LogP contribution >= 0.6 is 27.3 Å². The molecule has 0 aliphatic heterocycles. The number of hydrogen-bond donors (Lipinski definition) is 2. The Hall–Kier alpha value is -2.91. The first-order valence-electron chi connectivity index (χ1n) is 8.11. The van der Waals surface area contributed by atoms with Gasteiger partial charge in [-0.3, -0.25) is 10.1 Å². The van der Waals surface area contributed by atoms with Gasteiger partial charge in [0, 0.05) is 16.1 Å². The minimum Gasteiger partial charge on any atom is -0.487 e. The standard InChI is InChI=1S/C19H15BrN2O5S/c1-11-16(27-10-12-5-3-2-4-6-12)17(19(23)24)28-18(11)21-14-8-7-13(20)9-15(14)22(25)26/h2-9,21H,10H2,1H3,(H,23,24). The first kappa shape index (κ1) is 19.8. The molecule has 3 rings (SSSR count). The Kier molecular flexibility index (Phi) is 5.96. The van der Waals surface area contributed by atoms with E-state index in [1.54, 1.807) is 19.1 Å². The molecular weight excluding hydrogens is 448 g/mol. The SMILES string of the molecule is Cc1c(Nc2ccc(Br)cc2[N+](=O)[O-])sc(C(=O)O)c1OCc1ccccc1. The molecule has 0 amide bonds. The van der Waals surface area contributed by atoms with Crippen LogP contribution in [0.3, 0.4) is 0 Å². The molecule has 0 unspecified atom stereocenters. The van der Waals surface area contributed by atoms with Gasteiger partial charge >= 0.3 is 5.97 Å². The van der Waals surface area contributed by atoms with E-state index < -0.39 is 10.9 Å². The molecular formula is C19H15BrN2O5S. The summed E-state index contributed by atoms with van der Waals surface area (Å²) in [7, 11) is 0. The summed E-state index contributed by atoms with van der Waals surface area (Å²) >= 11 is 4.19. The Balaban J connectivity index is 1.93.